The molecule has 2 aliphatic rings. The van der Waals surface area contributed by atoms with Crippen LogP contribution in [0.3, 0.4) is 0 Å². The van der Waals surface area contributed by atoms with Crippen LogP contribution in [-0.2, 0) is 11.3 Å². The molecule has 3 aromatic rings. The van der Waals surface area contributed by atoms with Crippen LogP contribution < -0.4 is 15.2 Å². The number of nitrogen functional groups attached to an aromatic ring is 1. The smallest absolute Gasteiger partial charge is 0.248 e. The molecule has 174 valence electrons. The second kappa shape index (κ2) is 9.55. The van der Waals surface area contributed by atoms with Crippen LogP contribution in [0, 0.1) is 9.49 Å². The van der Waals surface area contributed by atoms with Gasteiger partial charge in [-0.15, -0.1) is 0 Å². The van der Waals surface area contributed by atoms with Crippen molar-refractivity contribution in [1.29, 1.82) is 0 Å². The second-order valence-corrected chi connectivity index (χ2v) is 10.3. The number of carbonyl (C=O) groups excluding carboxylic acids is 1. The number of hydrogen-bond acceptors (Lipinski definition) is 8. The Balaban J connectivity index is 1.38. The van der Waals surface area contributed by atoms with Gasteiger partial charge in [-0.3, -0.25) is 4.79 Å². The number of aryl methyl sites for hydroxylation is 1. The summed E-state index contributed by atoms with van der Waals surface area (Å²) in [5.74, 6) is 2.24. The minimum absolute atomic E-state index is 0.186. The number of likely N-dealkylation sites (tertiary alicyclic amines) is 1. The number of amides is 1. The van der Waals surface area contributed by atoms with E-state index in [1.54, 1.807) is 22.9 Å². The van der Waals surface area contributed by atoms with Gasteiger partial charge in [0.25, 0.3) is 0 Å². The van der Waals surface area contributed by atoms with E-state index in [1.807, 2.05) is 18.2 Å². The normalized spacial score (nSPS) is 16.0. The maximum atomic E-state index is 11.7. The SMILES string of the molecule is Nc1nccc2c1nc(Sc1cc3c(cc1I)OCO3)n2CCC1CCN(C(=O)CO)CC1. The highest BCUT2D eigenvalue weighted by Crippen LogP contribution is 2.42. The van der Waals surface area contributed by atoms with E-state index in [-0.39, 0.29) is 12.7 Å². The summed E-state index contributed by atoms with van der Waals surface area (Å²) in [6.45, 7) is 2.01. The Morgan fingerprint density at radius 2 is 2.03 bits per heavy atom. The first kappa shape index (κ1) is 22.5. The number of nitrogens with two attached hydrogens (primary N) is 1. The fourth-order valence-electron chi connectivity index (χ4n) is 4.30. The van der Waals surface area contributed by atoms with Crippen LogP contribution >= 0.6 is 34.4 Å². The van der Waals surface area contributed by atoms with Crippen molar-refractivity contribution in [2.45, 2.75) is 35.9 Å². The average Bonchev–Trinajstić information content (AvgIpc) is 3.42. The minimum Gasteiger partial charge on any atom is -0.454 e. The first-order chi connectivity index (χ1) is 16.0. The molecular weight excluding hydrogens is 557 g/mol. The summed E-state index contributed by atoms with van der Waals surface area (Å²) in [6.07, 6.45) is 4.56. The van der Waals surface area contributed by atoms with Gasteiger partial charge in [-0.2, -0.15) is 0 Å². The zero-order valence-corrected chi connectivity index (χ0v) is 20.8. The van der Waals surface area contributed by atoms with Gasteiger partial charge < -0.3 is 29.8 Å². The molecule has 1 aromatic carbocycles. The Morgan fingerprint density at radius 1 is 1.27 bits per heavy atom. The molecule has 3 N–H and O–H groups in total. The van der Waals surface area contributed by atoms with Crippen molar-refractivity contribution in [1.82, 2.24) is 19.4 Å². The Hall–Kier alpha value is -2.25. The number of imidazole rings is 1. The Labute approximate surface area is 208 Å². The number of halogens is 1. The van der Waals surface area contributed by atoms with Gasteiger partial charge in [0.05, 0.1) is 5.52 Å². The third-order valence-electron chi connectivity index (χ3n) is 6.15. The molecule has 9 nitrogen and oxygen atoms in total. The molecule has 0 spiro atoms. The van der Waals surface area contributed by atoms with Gasteiger partial charge in [0, 0.05) is 34.3 Å². The summed E-state index contributed by atoms with van der Waals surface area (Å²) in [5, 5.41) is 9.95. The number of aliphatic hydroxyl groups is 1. The molecule has 0 bridgehead atoms. The Kier molecular flexibility index (Phi) is 6.52. The number of benzene rings is 1. The van der Waals surface area contributed by atoms with Gasteiger partial charge in [0.1, 0.15) is 12.1 Å². The van der Waals surface area contributed by atoms with Crippen LogP contribution in [0.15, 0.2) is 34.4 Å². The van der Waals surface area contributed by atoms with Crippen molar-refractivity contribution in [2.24, 2.45) is 5.92 Å². The van der Waals surface area contributed by atoms with Crippen molar-refractivity contribution >= 4 is 57.1 Å². The molecule has 2 aliphatic heterocycles. The molecule has 5 rings (SSSR count). The van der Waals surface area contributed by atoms with E-state index in [4.69, 9.17) is 25.3 Å². The molecule has 0 radical (unpaired) electrons. The van der Waals surface area contributed by atoms with Gasteiger partial charge in [-0.1, -0.05) is 11.8 Å². The number of piperidine rings is 1. The van der Waals surface area contributed by atoms with E-state index in [0.717, 1.165) is 56.4 Å². The van der Waals surface area contributed by atoms with E-state index in [1.165, 1.54) is 0 Å². The molecule has 1 amide bonds. The fraction of sp³-hybridized carbons (Fsp3) is 0.409. The summed E-state index contributed by atoms with van der Waals surface area (Å²) in [6, 6.07) is 5.93. The molecule has 11 heteroatoms. The predicted octanol–water partition coefficient (Wildman–Crippen LogP) is 3.12. The van der Waals surface area contributed by atoms with Gasteiger partial charge in [-0.05, 0) is 66.0 Å². The lowest BCUT2D eigenvalue weighted by Crippen LogP contribution is -2.40. The summed E-state index contributed by atoms with van der Waals surface area (Å²) in [4.78, 5) is 23.6. The third-order valence-corrected chi connectivity index (χ3v) is 8.46. The summed E-state index contributed by atoms with van der Waals surface area (Å²) in [5.41, 5.74) is 7.81. The van der Waals surface area contributed by atoms with Gasteiger partial charge >= 0.3 is 0 Å². The first-order valence-electron chi connectivity index (χ1n) is 10.8. The highest BCUT2D eigenvalue weighted by atomic mass is 127. The Bertz CT molecular complexity index is 1200. The molecule has 0 unspecified atom stereocenters. The zero-order chi connectivity index (χ0) is 22.9. The number of ether oxygens (including phenoxy) is 2. The number of aliphatic hydroxyl groups excluding tert-OH is 1. The van der Waals surface area contributed by atoms with Crippen LogP contribution in [0.5, 0.6) is 11.5 Å². The maximum absolute atomic E-state index is 11.7. The summed E-state index contributed by atoms with van der Waals surface area (Å²) >= 11 is 3.88. The standard InChI is InChI=1S/C22H24IN5O4S/c23-14-9-16-17(32-12-31-16)10-18(14)33-22-26-20-15(1-5-25-21(20)24)28(22)8-4-13-2-6-27(7-3-13)19(30)11-29/h1,5,9-10,13,29H,2-4,6-8,11-12H2,(H2,24,25). The van der Waals surface area contributed by atoms with Crippen LogP contribution in [0.25, 0.3) is 11.0 Å². The van der Waals surface area contributed by atoms with Gasteiger partial charge in [-0.25, -0.2) is 9.97 Å². The van der Waals surface area contributed by atoms with E-state index < -0.39 is 6.61 Å². The largest absolute Gasteiger partial charge is 0.454 e. The van der Waals surface area contributed by atoms with E-state index in [2.05, 4.69) is 32.1 Å². The minimum atomic E-state index is -0.416. The number of hydrogen-bond donors (Lipinski definition) is 2. The first-order valence-corrected chi connectivity index (χ1v) is 12.7. The summed E-state index contributed by atoms with van der Waals surface area (Å²) in [7, 11) is 0. The van der Waals surface area contributed by atoms with E-state index >= 15 is 0 Å². The van der Waals surface area contributed by atoms with E-state index in [9.17, 15) is 4.79 Å². The molecule has 1 saturated heterocycles. The number of fused-ring (bicyclic) bond motifs is 2. The van der Waals surface area contributed by atoms with Crippen molar-refractivity contribution in [3.63, 3.8) is 0 Å². The fourth-order valence-corrected chi connectivity index (χ4v) is 6.03. The lowest BCUT2D eigenvalue weighted by Gasteiger charge is -2.31. The molecule has 0 aliphatic carbocycles. The predicted molar refractivity (Wildman–Crippen MR) is 132 cm³/mol. The number of nitrogens with zero attached hydrogens (tertiary/aromatic N) is 4. The van der Waals surface area contributed by atoms with Crippen molar-refractivity contribution in [3.8, 4) is 11.5 Å². The highest BCUT2D eigenvalue weighted by Gasteiger charge is 2.24. The molecule has 4 heterocycles. The third kappa shape index (κ3) is 4.58. The van der Waals surface area contributed by atoms with Gasteiger partial charge in [0.2, 0.25) is 12.7 Å². The molecule has 0 saturated carbocycles. The lowest BCUT2D eigenvalue weighted by molar-refractivity contribution is -0.135. The second-order valence-electron chi connectivity index (χ2n) is 8.12. The van der Waals surface area contributed by atoms with Gasteiger partial charge in [0.15, 0.2) is 22.5 Å². The number of anilines is 1. The molecule has 1 fully saturated rings. The van der Waals surface area contributed by atoms with Crippen LogP contribution in [-0.4, -0.2) is 56.9 Å². The van der Waals surface area contributed by atoms with Crippen LogP contribution in [0.4, 0.5) is 5.82 Å². The number of aromatic nitrogens is 3. The topological polar surface area (TPSA) is 116 Å². The Morgan fingerprint density at radius 3 is 2.79 bits per heavy atom. The quantitative estimate of drug-likeness (QED) is 0.427. The van der Waals surface area contributed by atoms with Crippen molar-refractivity contribution < 1.29 is 19.4 Å². The average molecular weight is 581 g/mol. The number of carbonyl (C=O) groups is 1. The number of pyridine rings is 1. The van der Waals surface area contributed by atoms with Crippen LogP contribution in [0.1, 0.15) is 19.3 Å². The monoisotopic (exact) mass is 581 g/mol. The number of rotatable bonds is 6. The van der Waals surface area contributed by atoms with E-state index in [0.29, 0.717) is 30.3 Å². The maximum Gasteiger partial charge on any atom is 0.248 e. The lowest BCUT2D eigenvalue weighted by atomic mass is 9.93. The highest BCUT2D eigenvalue weighted by molar-refractivity contribution is 14.1. The molecule has 2 aromatic heterocycles. The van der Waals surface area contributed by atoms with Crippen molar-refractivity contribution in [2.75, 3.05) is 32.2 Å². The molecular formula is C22H24IN5O4S. The zero-order valence-electron chi connectivity index (χ0n) is 17.9. The molecule has 33 heavy (non-hydrogen) atoms. The van der Waals surface area contributed by atoms with Crippen LogP contribution in [0.2, 0.25) is 0 Å². The molecule has 0 atom stereocenters. The summed E-state index contributed by atoms with van der Waals surface area (Å²) < 4.78 is 14.3. The van der Waals surface area contributed by atoms with Crippen molar-refractivity contribution in [3.05, 3.63) is 28.0 Å².